The lowest BCUT2D eigenvalue weighted by Crippen LogP contribution is -2.39. The summed E-state index contributed by atoms with van der Waals surface area (Å²) in [6.45, 7) is 0.575. The highest BCUT2D eigenvalue weighted by atomic mass is 16.5. The first kappa shape index (κ1) is 21.7. The van der Waals surface area contributed by atoms with Crippen LogP contribution in [-0.4, -0.2) is 36.5 Å². The Hall–Kier alpha value is -4.10. The van der Waals surface area contributed by atoms with Gasteiger partial charge in [0.25, 0.3) is 5.91 Å². The fraction of sp³-hybridized carbons (Fsp3) is 0.185. The summed E-state index contributed by atoms with van der Waals surface area (Å²) in [5.41, 5.74) is 2.71. The number of aromatic nitrogens is 1. The summed E-state index contributed by atoms with van der Waals surface area (Å²) in [6, 6.07) is 21.8. The van der Waals surface area contributed by atoms with E-state index < -0.39 is 6.04 Å². The maximum absolute atomic E-state index is 13.0. The first-order valence-electron chi connectivity index (χ1n) is 11.2. The summed E-state index contributed by atoms with van der Waals surface area (Å²) in [5, 5.41) is 4.35. The van der Waals surface area contributed by atoms with Gasteiger partial charge in [0.05, 0.1) is 25.3 Å². The topological polar surface area (TPSA) is 83.7 Å². The van der Waals surface area contributed by atoms with Crippen LogP contribution in [0.3, 0.4) is 0 Å². The highest BCUT2D eigenvalue weighted by Crippen LogP contribution is 2.28. The average Bonchev–Trinajstić information content (AvgIpc) is 3.39. The smallest absolute Gasteiger partial charge is 0.251 e. The summed E-state index contributed by atoms with van der Waals surface area (Å²) >= 11 is 0. The molecule has 3 aromatic carbocycles. The van der Waals surface area contributed by atoms with Crippen LogP contribution in [0.5, 0.6) is 17.2 Å². The molecule has 7 heteroatoms. The van der Waals surface area contributed by atoms with Crippen molar-refractivity contribution in [3.8, 4) is 17.2 Å². The Morgan fingerprint density at radius 2 is 1.71 bits per heavy atom. The number of nitrogens with zero attached hydrogens (tertiary/aromatic N) is 1. The molecule has 2 N–H and O–H groups in total. The molecule has 0 aliphatic carbocycles. The molecule has 1 atom stereocenters. The summed E-state index contributed by atoms with van der Waals surface area (Å²) in [5.74, 6) is 1.72. The Kier molecular flexibility index (Phi) is 6.01. The molecule has 2 amide bonds. The SMILES string of the molecule is COc1ccc2[nH]cc(CCN[C@@H]3CC(=O)N(c4ccc(Oc5ccccc5)cc4)C3=O)c2c1. The molecule has 0 saturated carbocycles. The maximum Gasteiger partial charge on any atom is 0.251 e. The average molecular weight is 456 g/mol. The molecule has 2 heterocycles. The number of ether oxygens (including phenoxy) is 2. The van der Waals surface area contributed by atoms with Crippen LogP contribution in [0.15, 0.2) is 79.0 Å². The number of aromatic amines is 1. The van der Waals surface area contributed by atoms with Gasteiger partial charge in [-0.1, -0.05) is 18.2 Å². The van der Waals surface area contributed by atoms with Gasteiger partial charge in [0.15, 0.2) is 0 Å². The number of nitrogens with one attached hydrogen (secondary N) is 2. The largest absolute Gasteiger partial charge is 0.497 e. The molecule has 0 unspecified atom stereocenters. The lowest BCUT2D eigenvalue weighted by Gasteiger charge is -2.16. The van der Waals surface area contributed by atoms with Gasteiger partial charge in [-0.25, -0.2) is 4.90 Å². The number of carbonyl (C=O) groups is 2. The molecular weight excluding hydrogens is 430 g/mol. The number of methoxy groups -OCH3 is 1. The van der Waals surface area contributed by atoms with Gasteiger partial charge in [0.1, 0.15) is 17.2 Å². The lowest BCUT2D eigenvalue weighted by molar-refractivity contribution is -0.121. The van der Waals surface area contributed by atoms with Crippen molar-refractivity contribution in [1.29, 1.82) is 0 Å². The van der Waals surface area contributed by atoms with Crippen molar-refractivity contribution in [3.63, 3.8) is 0 Å². The number of rotatable bonds is 8. The van der Waals surface area contributed by atoms with E-state index in [1.54, 1.807) is 31.4 Å². The zero-order chi connectivity index (χ0) is 23.5. The minimum atomic E-state index is -0.535. The van der Waals surface area contributed by atoms with Crippen molar-refractivity contribution < 1.29 is 19.1 Å². The Morgan fingerprint density at radius 3 is 2.47 bits per heavy atom. The maximum atomic E-state index is 13.0. The molecular formula is C27H25N3O4. The van der Waals surface area contributed by atoms with E-state index in [0.29, 0.717) is 18.0 Å². The van der Waals surface area contributed by atoms with Gasteiger partial charge in [-0.05, 0) is 66.6 Å². The predicted octanol–water partition coefficient (Wildman–Crippen LogP) is 4.43. The van der Waals surface area contributed by atoms with E-state index in [1.165, 1.54) is 4.90 Å². The third-order valence-corrected chi connectivity index (χ3v) is 5.98. The number of hydrogen-bond acceptors (Lipinski definition) is 5. The number of imide groups is 1. The predicted molar refractivity (Wildman–Crippen MR) is 130 cm³/mol. The number of fused-ring (bicyclic) bond motifs is 1. The molecule has 1 aliphatic rings. The number of hydrogen-bond donors (Lipinski definition) is 2. The van der Waals surface area contributed by atoms with E-state index >= 15 is 0 Å². The Bertz CT molecular complexity index is 1310. The van der Waals surface area contributed by atoms with Gasteiger partial charge in [-0.15, -0.1) is 0 Å². The zero-order valence-electron chi connectivity index (χ0n) is 18.8. The third-order valence-electron chi connectivity index (χ3n) is 5.98. The minimum Gasteiger partial charge on any atom is -0.497 e. The summed E-state index contributed by atoms with van der Waals surface area (Å²) in [6.07, 6.45) is 2.83. The lowest BCUT2D eigenvalue weighted by atomic mass is 10.1. The first-order chi connectivity index (χ1) is 16.6. The van der Waals surface area contributed by atoms with Crippen molar-refractivity contribution in [3.05, 3.63) is 84.6 Å². The molecule has 34 heavy (non-hydrogen) atoms. The Morgan fingerprint density at radius 1 is 0.971 bits per heavy atom. The second-order valence-corrected chi connectivity index (χ2v) is 8.16. The molecule has 1 aromatic heterocycles. The fourth-order valence-electron chi connectivity index (χ4n) is 4.22. The van der Waals surface area contributed by atoms with E-state index in [4.69, 9.17) is 9.47 Å². The molecule has 5 rings (SSSR count). The normalized spacial score (nSPS) is 15.8. The number of benzene rings is 3. The van der Waals surface area contributed by atoms with Crippen molar-refractivity contribution in [2.45, 2.75) is 18.9 Å². The monoisotopic (exact) mass is 455 g/mol. The quantitative estimate of drug-likeness (QED) is 0.384. The van der Waals surface area contributed by atoms with Gasteiger partial charge in [0, 0.05) is 23.6 Å². The Balaban J connectivity index is 1.21. The van der Waals surface area contributed by atoms with Crippen LogP contribution in [0.25, 0.3) is 10.9 Å². The van der Waals surface area contributed by atoms with Gasteiger partial charge < -0.3 is 19.8 Å². The molecule has 4 aromatic rings. The van der Waals surface area contributed by atoms with Crippen LogP contribution in [0.1, 0.15) is 12.0 Å². The summed E-state index contributed by atoms with van der Waals surface area (Å²) in [7, 11) is 1.65. The molecule has 1 aliphatic heterocycles. The van der Waals surface area contributed by atoms with Crippen molar-refractivity contribution in [2.24, 2.45) is 0 Å². The van der Waals surface area contributed by atoms with Crippen molar-refractivity contribution >= 4 is 28.4 Å². The van der Waals surface area contributed by atoms with E-state index in [-0.39, 0.29) is 18.2 Å². The summed E-state index contributed by atoms with van der Waals surface area (Å²) in [4.78, 5) is 30.1. The fourth-order valence-corrected chi connectivity index (χ4v) is 4.22. The highest BCUT2D eigenvalue weighted by Gasteiger charge is 2.39. The van der Waals surface area contributed by atoms with Crippen LogP contribution in [0, 0.1) is 0 Å². The standard InChI is InChI=1S/C27H25N3O4/c1-33-22-11-12-24-23(15-22)18(17-29-24)13-14-28-25-16-26(31)30(27(25)32)19-7-9-21(10-8-19)34-20-5-3-2-4-6-20/h2-12,15,17,25,28-29H,13-14,16H2,1H3/t25-/m1/s1. The van der Waals surface area contributed by atoms with Crippen LogP contribution < -0.4 is 19.7 Å². The molecule has 7 nitrogen and oxygen atoms in total. The summed E-state index contributed by atoms with van der Waals surface area (Å²) < 4.78 is 11.1. The van der Waals surface area contributed by atoms with Gasteiger partial charge in [-0.2, -0.15) is 0 Å². The van der Waals surface area contributed by atoms with Crippen molar-refractivity contribution in [1.82, 2.24) is 10.3 Å². The molecule has 172 valence electrons. The number of para-hydroxylation sites is 1. The van der Waals surface area contributed by atoms with Crippen LogP contribution in [0.4, 0.5) is 5.69 Å². The van der Waals surface area contributed by atoms with E-state index in [9.17, 15) is 9.59 Å². The van der Waals surface area contributed by atoms with E-state index in [2.05, 4.69) is 10.3 Å². The molecule has 0 bridgehead atoms. The Labute approximate surface area is 197 Å². The molecule has 1 saturated heterocycles. The van der Waals surface area contributed by atoms with Gasteiger partial charge >= 0.3 is 0 Å². The van der Waals surface area contributed by atoms with E-state index in [1.807, 2.05) is 54.7 Å². The van der Waals surface area contributed by atoms with Crippen LogP contribution in [0.2, 0.25) is 0 Å². The number of H-pyrrole nitrogens is 1. The first-order valence-corrected chi connectivity index (χ1v) is 11.2. The van der Waals surface area contributed by atoms with Crippen LogP contribution in [-0.2, 0) is 16.0 Å². The van der Waals surface area contributed by atoms with Gasteiger partial charge in [0.2, 0.25) is 5.91 Å². The second-order valence-electron chi connectivity index (χ2n) is 8.16. The highest BCUT2D eigenvalue weighted by molar-refractivity contribution is 6.22. The van der Waals surface area contributed by atoms with Crippen LogP contribution >= 0.6 is 0 Å². The molecule has 0 spiro atoms. The molecule has 1 fully saturated rings. The van der Waals surface area contributed by atoms with E-state index in [0.717, 1.165) is 34.4 Å². The van der Waals surface area contributed by atoms with Gasteiger partial charge in [-0.3, -0.25) is 9.59 Å². The number of anilines is 1. The van der Waals surface area contributed by atoms with Crippen molar-refractivity contribution in [2.75, 3.05) is 18.6 Å². The number of carbonyl (C=O) groups excluding carboxylic acids is 2. The third kappa shape index (κ3) is 4.38. The zero-order valence-corrected chi connectivity index (χ0v) is 18.8. The molecule has 0 radical (unpaired) electrons. The minimum absolute atomic E-state index is 0.142. The number of amides is 2. The second kappa shape index (κ2) is 9.41.